The molecule has 0 radical (unpaired) electrons. The van der Waals surface area contributed by atoms with Gasteiger partial charge in [0.25, 0.3) is 0 Å². The highest BCUT2D eigenvalue weighted by Crippen LogP contribution is 2.68. The zero-order valence-electron chi connectivity index (χ0n) is 18.0. The summed E-state index contributed by atoms with van der Waals surface area (Å²) in [6.07, 6.45) is 1.09. The number of rotatable bonds is 5. The standard InChI is InChI=1S/C24H24N2O5S2/c1-10-5-2-3-6-11(10)15-16-12-9-13(19(16)32-21-20(15)33-24(31)25-21)18-17(12)22(29)26(23(18)30)8-4-7-14(27)28/h2-3,5-6,12-13,15-19H,4,7-9H2,1H3,(H,25,31)(H,27,28)/t12-,13+,15+,16+,17-,18-,19-/m1/s1. The van der Waals surface area contributed by atoms with Gasteiger partial charge >= 0.3 is 10.8 Å². The number of aromatic nitrogens is 1. The molecule has 2 aliphatic heterocycles. The number of hydrogen-bond acceptors (Lipinski definition) is 6. The summed E-state index contributed by atoms with van der Waals surface area (Å²) in [4.78, 5) is 55.2. The summed E-state index contributed by atoms with van der Waals surface area (Å²) in [6, 6.07) is 8.26. The van der Waals surface area contributed by atoms with Crippen LogP contribution in [0.4, 0.5) is 0 Å². The molecule has 7 atom stereocenters. The third-order valence-corrected chi connectivity index (χ3v) is 10.7. The zero-order chi connectivity index (χ0) is 23.0. The monoisotopic (exact) mass is 484 g/mol. The molecule has 2 saturated carbocycles. The summed E-state index contributed by atoms with van der Waals surface area (Å²) in [5.74, 6) is -1.39. The Bertz CT molecular complexity index is 1240. The van der Waals surface area contributed by atoms with Gasteiger partial charge < -0.3 is 10.1 Å². The maximum atomic E-state index is 13.4. The van der Waals surface area contributed by atoms with E-state index >= 15 is 0 Å². The van der Waals surface area contributed by atoms with Crippen LogP contribution in [0.5, 0.6) is 0 Å². The fraction of sp³-hybridized carbons (Fsp3) is 0.500. The van der Waals surface area contributed by atoms with E-state index in [2.05, 4.69) is 24.0 Å². The summed E-state index contributed by atoms with van der Waals surface area (Å²) < 4.78 is 0. The molecule has 3 heterocycles. The number of carboxylic acid groups (broad SMARTS) is 1. The molecule has 2 aromatic rings. The van der Waals surface area contributed by atoms with Gasteiger partial charge in [-0.25, -0.2) is 0 Å². The first-order valence-electron chi connectivity index (χ1n) is 11.4. The normalized spacial score (nSPS) is 33.8. The molecule has 9 heteroatoms. The Morgan fingerprint density at radius 3 is 2.61 bits per heavy atom. The number of H-pyrrole nitrogens is 1. The van der Waals surface area contributed by atoms with Crippen molar-refractivity contribution in [2.24, 2.45) is 29.6 Å². The van der Waals surface area contributed by atoms with Crippen LogP contribution in [-0.4, -0.2) is 44.6 Å². The number of carbonyl (C=O) groups is 3. The molecular formula is C24H24N2O5S2. The van der Waals surface area contributed by atoms with E-state index in [0.29, 0.717) is 0 Å². The van der Waals surface area contributed by atoms with Crippen molar-refractivity contribution in [3.63, 3.8) is 0 Å². The van der Waals surface area contributed by atoms with Crippen molar-refractivity contribution in [3.8, 4) is 0 Å². The number of carboxylic acids is 1. The van der Waals surface area contributed by atoms with Crippen molar-refractivity contribution in [2.45, 2.75) is 42.4 Å². The van der Waals surface area contributed by atoms with E-state index in [1.165, 1.54) is 27.4 Å². The summed E-state index contributed by atoms with van der Waals surface area (Å²) in [6.45, 7) is 2.27. The summed E-state index contributed by atoms with van der Waals surface area (Å²) in [7, 11) is 0. The number of imide groups is 1. The van der Waals surface area contributed by atoms with E-state index in [9.17, 15) is 19.2 Å². The van der Waals surface area contributed by atoms with E-state index in [1.54, 1.807) is 11.8 Å². The molecular weight excluding hydrogens is 460 g/mol. The molecule has 172 valence electrons. The van der Waals surface area contributed by atoms with Gasteiger partial charge in [-0.3, -0.25) is 24.1 Å². The third kappa shape index (κ3) is 3.01. The topological polar surface area (TPSA) is 108 Å². The number of carbonyl (C=O) groups excluding carboxylic acids is 2. The van der Waals surface area contributed by atoms with Gasteiger partial charge in [-0.2, -0.15) is 0 Å². The van der Waals surface area contributed by atoms with Crippen LogP contribution in [0, 0.1) is 36.5 Å². The molecule has 6 rings (SSSR count). The zero-order valence-corrected chi connectivity index (χ0v) is 19.7. The van der Waals surface area contributed by atoms with Crippen molar-refractivity contribution < 1.29 is 19.5 Å². The van der Waals surface area contributed by atoms with Gasteiger partial charge in [0.05, 0.1) is 16.9 Å². The Morgan fingerprint density at radius 1 is 1.15 bits per heavy atom. The number of aliphatic carboxylic acids is 1. The number of aryl methyl sites for hydroxylation is 1. The molecule has 0 spiro atoms. The minimum atomic E-state index is -0.919. The van der Waals surface area contributed by atoms with Crippen LogP contribution in [0.15, 0.2) is 34.1 Å². The number of aromatic amines is 1. The minimum absolute atomic E-state index is 0.0383. The van der Waals surface area contributed by atoms with Gasteiger partial charge in [-0.05, 0) is 48.6 Å². The van der Waals surface area contributed by atoms with Gasteiger partial charge in [0.1, 0.15) is 0 Å². The highest BCUT2D eigenvalue weighted by molar-refractivity contribution is 8.00. The lowest BCUT2D eigenvalue weighted by atomic mass is 9.67. The van der Waals surface area contributed by atoms with Crippen molar-refractivity contribution in [2.75, 3.05) is 6.54 Å². The number of fused-ring (bicyclic) bond motifs is 9. The first-order valence-corrected chi connectivity index (χ1v) is 13.1. The SMILES string of the molecule is Cc1ccccc1[C@@H]1c2sc(=O)[nH]c2S[C@@H]2[C@H]3C[C@@H]([C@H]4C(=O)N(CCCC(=O)O)C(=O)[C@H]34)[C@@H]12. The molecule has 7 nitrogen and oxygen atoms in total. The average Bonchev–Trinajstić information content (AvgIpc) is 3.49. The van der Waals surface area contributed by atoms with Crippen LogP contribution in [0.3, 0.4) is 0 Å². The summed E-state index contributed by atoms with van der Waals surface area (Å²) in [5, 5.41) is 10.0. The molecule has 0 unspecified atom stereocenters. The number of nitrogens with zero attached hydrogens (tertiary/aromatic N) is 1. The lowest BCUT2D eigenvalue weighted by molar-refractivity contribution is -0.142. The molecule has 2 aliphatic carbocycles. The maximum Gasteiger partial charge on any atom is 0.305 e. The quantitative estimate of drug-likeness (QED) is 0.632. The summed E-state index contributed by atoms with van der Waals surface area (Å²) >= 11 is 2.96. The Hall–Kier alpha value is -2.39. The van der Waals surface area contributed by atoms with Crippen molar-refractivity contribution in [1.29, 1.82) is 0 Å². The van der Waals surface area contributed by atoms with Gasteiger partial charge in [-0.1, -0.05) is 35.6 Å². The van der Waals surface area contributed by atoms with Gasteiger partial charge in [0, 0.05) is 29.0 Å². The molecule has 33 heavy (non-hydrogen) atoms. The van der Waals surface area contributed by atoms with E-state index in [-0.39, 0.29) is 76.8 Å². The van der Waals surface area contributed by atoms with Crippen LogP contribution < -0.4 is 4.87 Å². The fourth-order valence-electron chi connectivity index (χ4n) is 6.97. The van der Waals surface area contributed by atoms with Gasteiger partial charge in [-0.15, -0.1) is 11.8 Å². The molecule has 2 bridgehead atoms. The number of nitrogens with one attached hydrogen (secondary N) is 1. The van der Waals surface area contributed by atoms with Crippen LogP contribution in [0.1, 0.15) is 41.2 Å². The maximum absolute atomic E-state index is 13.4. The van der Waals surface area contributed by atoms with E-state index in [4.69, 9.17) is 5.11 Å². The molecule has 1 aromatic heterocycles. The second-order valence-corrected chi connectivity index (χ2v) is 11.8. The number of benzene rings is 1. The van der Waals surface area contributed by atoms with Crippen molar-refractivity contribution in [1.82, 2.24) is 9.88 Å². The predicted octanol–water partition coefficient (Wildman–Crippen LogP) is 3.08. The van der Waals surface area contributed by atoms with Crippen LogP contribution >= 0.6 is 23.1 Å². The first-order chi connectivity index (χ1) is 15.9. The number of thiazole rings is 1. The summed E-state index contributed by atoms with van der Waals surface area (Å²) in [5.41, 5.74) is 2.37. The molecule has 2 N–H and O–H groups in total. The van der Waals surface area contributed by atoms with Crippen LogP contribution in [0.25, 0.3) is 0 Å². The van der Waals surface area contributed by atoms with Crippen LogP contribution in [-0.2, 0) is 14.4 Å². The second kappa shape index (κ2) is 7.56. The molecule has 4 aliphatic rings. The third-order valence-electron chi connectivity index (χ3n) is 8.11. The van der Waals surface area contributed by atoms with E-state index in [1.807, 2.05) is 12.1 Å². The van der Waals surface area contributed by atoms with E-state index in [0.717, 1.165) is 16.3 Å². The molecule has 1 aromatic carbocycles. The number of thioether (sulfide) groups is 1. The minimum Gasteiger partial charge on any atom is -0.481 e. The number of hydrogen-bond donors (Lipinski definition) is 2. The molecule has 2 amide bonds. The predicted molar refractivity (Wildman–Crippen MR) is 123 cm³/mol. The highest BCUT2D eigenvalue weighted by Gasteiger charge is 2.69. The van der Waals surface area contributed by atoms with Crippen LogP contribution in [0.2, 0.25) is 0 Å². The second-order valence-electron chi connectivity index (χ2n) is 9.64. The largest absolute Gasteiger partial charge is 0.481 e. The Balaban J connectivity index is 1.39. The number of amides is 2. The highest BCUT2D eigenvalue weighted by atomic mass is 32.2. The Morgan fingerprint density at radius 2 is 1.88 bits per heavy atom. The van der Waals surface area contributed by atoms with Crippen molar-refractivity contribution in [3.05, 3.63) is 49.9 Å². The van der Waals surface area contributed by atoms with Gasteiger partial charge in [0.15, 0.2) is 0 Å². The Kier molecular flexibility index (Phi) is 4.85. The van der Waals surface area contributed by atoms with Crippen molar-refractivity contribution >= 4 is 40.9 Å². The Labute approximate surface area is 198 Å². The van der Waals surface area contributed by atoms with Gasteiger partial charge in [0.2, 0.25) is 11.8 Å². The van der Waals surface area contributed by atoms with E-state index < -0.39 is 5.97 Å². The fourth-order valence-corrected chi connectivity index (χ4v) is 9.85. The first kappa shape index (κ1) is 21.2. The number of likely N-dealkylation sites (tertiary alicyclic amines) is 1. The molecule has 1 saturated heterocycles. The lowest BCUT2D eigenvalue weighted by Crippen LogP contribution is -2.42. The molecule has 3 fully saturated rings. The average molecular weight is 485 g/mol. The smallest absolute Gasteiger partial charge is 0.305 e. The lowest BCUT2D eigenvalue weighted by Gasteiger charge is -2.43.